The number of ether oxygens (including phenoxy) is 1. The van der Waals surface area contributed by atoms with E-state index in [1.165, 1.54) is 75.6 Å². The van der Waals surface area contributed by atoms with Crippen LogP contribution in [0.25, 0.3) is 0 Å². The predicted octanol–water partition coefficient (Wildman–Crippen LogP) is 6.88. The summed E-state index contributed by atoms with van der Waals surface area (Å²) in [4.78, 5) is 0. The molecule has 0 saturated heterocycles. The summed E-state index contributed by atoms with van der Waals surface area (Å²) in [5.41, 5.74) is 0.670. The van der Waals surface area contributed by atoms with E-state index in [0.717, 1.165) is 5.92 Å². The molecule has 1 fully saturated rings. The predicted molar refractivity (Wildman–Crippen MR) is 98.7 cm³/mol. The van der Waals surface area contributed by atoms with E-state index < -0.39 is 6.36 Å². The van der Waals surface area contributed by atoms with E-state index in [4.69, 9.17) is 0 Å². The van der Waals surface area contributed by atoms with E-state index in [2.05, 4.69) is 29.6 Å². The maximum Gasteiger partial charge on any atom is 0.573 e. The molecule has 1 aromatic rings. The molecule has 0 radical (unpaired) electrons. The van der Waals surface area contributed by atoms with Crippen LogP contribution in [0.4, 0.5) is 13.2 Å². The first-order chi connectivity index (χ1) is 12.5. The lowest BCUT2D eigenvalue weighted by molar-refractivity contribution is -0.274. The van der Waals surface area contributed by atoms with Gasteiger partial charge in [0, 0.05) is 5.56 Å². The zero-order chi connectivity index (χ0) is 18.8. The van der Waals surface area contributed by atoms with E-state index in [1.807, 2.05) is 6.08 Å². The molecule has 0 aromatic heterocycles. The largest absolute Gasteiger partial charge is 0.573 e. The number of hydrogen-bond donors (Lipinski definition) is 0. The molecule has 142 valence electrons. The van der Waals surface area contributed by atoms with Gasteiger partial charge < -0.3 is 4.74 Å². The maximum atomic E-state index is 12.1. The van der Waals surface area contributed by atoms with Gasteiger partial charge in [0.15, 0.2) is 0 Å². The van der Waals surface area contributed by atoms with Crippen molar-refractivity contribution < 1.29 is 17.9 Å². The second kappa shape index (κ2) is 10.3. The molecular weight excluding hydrogens is 337 g/mol. The summed E-state index contributed by atoms with van der Waals surface area (Å²) in [7, 11) is 0. The molecule has 0 bridgehead atoms. The lowest BCUT2D eigenvalue weighted by atomic mass is 9.79. The van der Waals surface area contributed by atoms with Crippen molar-refractivity contribution in [1.29, 1.82) is 0 Å². The first kappa shape index (κ1) is 20.4. The van der Waals surface area contributed by atoms with Crippen molar-refractivity contribution in [2.24, 2.45) is 11.8 Å². The third-order valence-corrected chi connectivity index (χ3v) is 4.86. The minimum Gasteiger partial charge on any atom is -0.406 e. The third kappa shape index (κ3) is 7.99. The molecule has 26 heavy (non-hydrogen) atoms. The van der Waals surface area contributed by atoms with Gasteiger partial charge in [-0.25, -0.2) is 0 Å². The summed E-state index contributed by atoms with van der Waals surface area (Å²) < 4.78 is 40.2. The molecule has 1 aliphatic carbocycles. The Labute approximate surface area is 154 Å². The Balaban J connectivity index is 1.74. The summed E-state index contributed by atoms with van der Waals surface area (Å²) in [5, 5.41) is 0. The first-order valence-corrected chi connectivity index (χ1v) is 9.50. The summed E-state index contributed by atoms with van der Waals surface area (Å²) in [6.45, 7) is 2.24. The highest BCUT2D eigenvalue weighted by atomic mass is 19.4. The average molecular weight is 364 g/mol. The minimum absolute atomic E-state index is 0.228. The van der Waals surface area contributed by atoms with E-state index in [9.17, 15) is 13.2 Å². The molecule has 0 N–H and O–H groups in total. The lowest BCUT2D eigenvalue weighted by Crippen LogP contribution is -2.16. The van der Waals surface area contributed by atoms with Crippen LogP contribution in [0.2, 0.25) is 0 Å². The van der Waals surface area contributed by atoms with Crippen molar-refractivity contribution in [3.8, 4) is 17.6 Å². The van der Waals surface area contributed by atoms with Gasteiger partial charge in [0.1, 0.15) is 5.75 Å². The second-order valence-corrected chi connectivity index (χ2v) is 6.98. The van der Waals surface area contributed by atoms with Gasteiger partial charge in [-0.1, -0.05) is 50.5 Å². The molecule has 0 atom stereocenters. The number of benzene rings is 1. The normalized spacial score (nSPS) is 20.6. The third-order valence-electron chi connectivity index (χ3n) is 4.86. The van der Waals surface area contributed by atoms with E-state index in [-0.39, 0.29) is 5.75 Å². The van der Waals surface area contributed by atoms with Crippen LogP contribution < -0.4 is 4.74 Å². The highest BCUT2D eigenvalue weighted by Crippen LogP contribution is 2.32. The highest BCUT2D eigenvalue weighted by Gasteiger charge is 2.30. The van der Waals surface area contributed by atoms with Crippen molar-refractivity contribution in [2.75, 3.05) is 0 Å². The number of unbranched alkanes of at least 4 members (excludes halogenated alkanes) is 2. The Bertz CT molecular complexity index is 612. The van der Waals surface area contributed by atoms with Crippen LogP contribution in [0, 0.1) is 23.7 Å². The van der Waals surface area contributed by atoms with Crippen LogP contribution in [0.5, 0.6) is 5.75 Å². The van der Waals surface area contributed by atoms with Gasteiger partial charge in [0.2, 0.25) is 0 Å². The average Bonchev–Trinajstić information content (AvgIpc) is 2.60. The first-order valence-electron chi connectivity index (χ1n) is 9.50. The fraction of sp³-hybridized carbons (Fsp3) is 0.545. The number of rotatable bonds is 6. The standard InChI is InChI=1S/C22H27F3O/c1-2-3-4-7-18-10-12-19(13-11-18)8-5-6-9-20-14-16-21(17-15-20)26-22(23,24)25/h5,8,14-19H,2-4,7,10-13H2,1H3/t18-,19-. The highest BCUT2D eigenvalue weighted by molar-refractivity contribution is 5.40. The van der Waals surface area contributed by atoms with Crippen LogP contribution in [-0.4, -0.2) is 6.36 Å². The number of alkyl halides is 3. The summed E-state index contributed by atoms with van der Waals surface area (Å²) in [5.74, 6) is 7.20. The van der Waals surface area contributed by atoms with Crippen molar-refractivity contribution >= 4 is 0 Å². The Kier molecular flexibility index (Phi) is 8.09. The van der Waals surface area contributed by atoms with Crippen molar-refractivity contribution in [2.45, 2.75) is 64.7 Å². The van der Waals surface area contributed by atoms with Gasteiger partial charge in [-0.15, -0.1) is 13.2 Å². The maximum absolute atomic E-state index is 12.1. The van der Waals surface area contributed by atoms with Gasteiger partial charge in [-0.05, 0) is 67.9 Å². The molecule has 0 unspecified atom stereocenters. The van der Waals surface area contributed by atoms with E-state index in [1.54, 1.807) is 0 Å². The van der Waals surface area contributed by atoms with Gasteiger partial charge in [0.25, 0.3) is 0 Å². The van der Waals surface area contributed by atoms with Gasteiger partial charge in [0.05, 0.1) is 0 Å². The molecule has 4 heteroatoms. The Morgan fingerprint density at radius 2 is 1.77 bits per heavy atom. The molecule has 0 heterocycles. The molecule has 0 amide bonds. The summed E-state index contributed by atoms with van der Waals surface area (Å²) in [6.07, 6.45) is 9.85. The monoisotopic (exact) mass is 364 g/mol. The fourth-order valence-corrected chi connectivity index (χ4v) is 3.40. The molecule has 1 saturated carbocycles. The number of halogens is 3. The van der Waals surface area contributed by atoms with E-state index in [0.29, 0.717) is 11.5 Å². The zero-order valence-electron chi connectivity index (χ0n) is 15.3. The Morgan fingerprint density at radius 3 is 2.38 bits per heavy atom. The summed E-state index contributed by atoms with van der Waals surface area (Å²) >= 11 is 0. The molecule has 0 aliphatic heterocycles. The fourth-order valence-electron chi connectivity index (χ4n) is 3.40. The molecule has 1 aliphatic rings. The SMILES string of the molecule is CCCCC[C@H]1CC[C@H](C=CC#Cc2ccc(OC(F)(F)F)cc2)CC1. The smallest absolute Gasteiger partial charge is 0.406 e. The van der Waals surface area contributed by atoms with Crippen LogP contribution in [0.15, 0.2) is 36.4 Å². The number of hydrogen-bond acceptors (Lipinski definition) is 1. The van der Waals surface area contributed by atoms with Crippen LogP contribution in [0.3, 0.4) is 0 Å². The minimum atomic E-state index is -4.66. The molecule has 1 nitrogen and oxygen atoms in total. The van der Waals surface area contributed by atoms with Gasteiger partial charge >= 0.3 is 6.36 Å². The van der Waals surface area contributed by atoms with Gasteiger partial charge in [-0.3, -0.25) is 0 Å². The number of allylic oxidation sites excluding steroid dienone is 2. The van der Waals surface area contributed by atoms with Gasteiger partial charge in [-0.2, -0.15) is 0 Å². The Hall–Kier alpha value is -1.89. The topological polar surface area (TPSA) is 9.23 Å². The quantitative estimate of drug-likeness (QED) is 0.395. The lowest BCUT2D eigenvalue weighted by Gasteiger charge is -2.26. The molecule has 1 aromatic carbocycles. The molecular formula is C22H27F3O. The Morgan fingerprint density at radius 1 is 1.08 bits per heavy atom. The second-order valence-electron chi connectivity index (χ2n) is 6.98. The molecule has 0 spiro atoms. The zero-order valence-corrected chi connectivity index (χ0v) is 15.3. The van der Waals surface area contributed by atoms with Crippen LogP contribution >= 0.6 is 0 Å². The molecule has 2 rings (SSSR count). The van der Waals surface area contributed by atoms with Crippen molar-refractivity contribution in [1.82, 2.24) is 0 Å². The van der Waals surface area contributed by atoms with Crippen LogP contribution in [-0.2, 0) is 0 Å². The van der Waals surface area contributed by atoms with Crippen molar-refractivity contribution in [3.05, 3.63) is 42.0 Å². The van der Waals surface area contributed by atoms with Crippen LogP contribution in [0.1, 0.15) is 63.9 Å². The van der Waals surface area contributed by atoms with E-state index >= 15 is 0 Å². The van der Waals surface area contributed by atoms with Crippen molar-refractivity contribution in [3.63, 3.8) is 0 Å². The summed E-state index contributed by atoms with van der Waals surface area (Å²) in [6, 6.07) is 5.62.